The average molecular weight is 199 g/mol. The van der Waals surface area contributed by atoms with E-state index in [9.17, 15) is 0 Å². The van der Waals surface area contributed by atoms with Crippen LogP contribution in [-0.4, -0.2) is 28.2 Å². The Labute approximate surface area is 81.6 Å². The predicted octanol–water partition coefficient (Wildman–Crippen LogP) is -0.0454. The summed E-state index contributed by atoms with van der Waals surface area (Å²) in [6, 6.07) is 0.387. The smallest absolute Gasteiger partial charge is 0.324 e. The molecule has 1 aromatic heterocycles. The summed E-state index contributed by atoms with van der Waals surface area (Å²) in [5, 5.41) is 0. The molecule has 0 saturated heterocycles. The third kappa shape index (κ3) is 2.70. The number of nitrogens with zero attached hydrogens (tertiary/aromatic N) is 3. The van der Waals surface area contributed by atoms with Crippen molar-refractivity contribution in [2.75, 3.05) is 18.6 Å². The van der Waals surface area contributed by atoms with Crippen molar-refractivity contribution in [3.8, 4) is 12.0 Å². The van der Waals surface area contributed by atoms with Crippen molar-refractivity contribution in [3.05, 3.63) is 0 Å². The molecule has 0 fully saturated rings. The van der Waals surface area contributed by atoms with Gasteiger partial charge in [-0.15, -0.1) is 4.98 Å². The molecule has 0 bridgehead atoms. The van der Waals surface area contributed by atoms with Crippen LogP contribution in [0.25, 0.3) is 0 Å². The van der Waals surface area contributed by atoms with Gasteiger partial charge in [-0.25, -0.2) is 5.84 Å². The second-order valence-corrected chi connectivity index (χ2v) is 2.23. The molecule has 0 unspecified atom stereocenters. The first-order chi connectivity index (χ1) is 6.80. The van der Waals surface area contributed by atoms with Crippen molar-refractivity contribution in [2.24, 2.45) is 5.84 Å². The van der Waals surface area contributed by atoms with E-state index in [0.717, 1.165) is 0 Å². The molecule has 3 N–H and O–H groups in total. The summed E-state index contributed by atoms with van der Waals surface area (Å²) in [6.45, 7) is 4.61. The first-order valence-electron chi connectivity index (χ1n) is 4.28. The minimum atomic E-state index is 0.193. The van der Waals surface area contributed by atoms with Crippen molar-refractivity contribution in [3.63, 3.8) is 0 Å². The van der Waals surface area contributed by atoms with Crippen LogP contribution in [-0.2, 0) is 0 Å². The lowest BCUT2D eigenvalue weighted by Gasteiger charge is -2.05. The highest BCUT2D eigenvalue weighted by Gasteiger charge is 2.06. The fraction of sp³-hybridized carbons (Fsp3) is 0.571. The molecule has 78 valence electrons. The molecule has 0 aliphatic rings. The highest BCUT2D eigenvalue weighted by molar-refractivity contribution is 5.25. The Hall–Kier alpha value is -1.63. The number of hydrogen-bond acceptors (Lipinski definition) is 7. The Morgan fingerprint density at radius 3 is 1.93 bits per heavy atom. The minimum Gasteiger partial charge on any atom is -0.464 e. The number of aromatic nitrogens is 3. The molecule has 0 saturated carbocycles. The normalized spacial score (nSPS) is 9.64. The largest absolute Gasteiger partial charge is 0.464 e. The lowest BCUT2D eigenvalue weighted by atomic mass is 10.8. The van der Waals surface area contributed by atoms with Gasteiger partial charge in [0.1, 0.15) is 0 Å². The zero-order chi connectivity index (χ0) is 10.4. The molecule has 0 spiro atoms. The second-order valence-electron chi connectivity index (χ2n) is 2.23. The first kappa shape index (κ1) is 10.5. The van der Waals surface area contributed by atoms with Crippen molar-refractivity contribution in [1.82, 2.24) is 15.0 Å². The van der Waals surface area contributed by atoms with Gasteiger partial charge < -0.3 is 9.47 Å². The van der Waals surface area contributed by atoms with E-state index < -0.39 is 0 Å². The number of anilines is 1. The van der Waals surface area contributed by atoms with Crippen LogP contribution in [0.15, 0.2) is 0 Å². The molecule has 0 radical (unpaired) electrons. The third-order valence-corrected chi connectivity index (χ3v) is 1.27. The lowest BCUT2D eigenvalue weighted by molar-refractivity contribution is 0.280. The Morgan fingerprint density at radius 2 is 1.57 bits per heavy atom. The molecule has 1 aromatic rings. The van der Waals surface area contributed by atoms with Gasteiger partial charge in [-0.1, -0.05) is 0 Å². The van der Waals surface area contributed by atoms with Gasteiger partial charge in [-0.3, -0.25) is 5.43 Å². The minimum absolute atomic E-state index is 0.193. The quantitative estimate of drug-likeness (QED) is 0.507. The van der Waals surface area contributed by atoms with Gasteiger partial charge in [-0.05, 0) is 13.8 Å². The molecule has 14 heavy (non-hydrogen) atoms. The van der Waals surface area contributed by atoms with Crippen LogP contribution in [0.3, 0.4) is 0 Å². The number of nitrogens with one attached hydrogen (secondary N) is 1. The van der Waals surface area contributed by atoms with Crippen LogP contribution in [0.2, 0.25) is 0 Å². The fourth-order valence-corrected chi connectivity index (χ4v) is 0.790. The van der Waals surface area contributed by atoms with Crippen molar-refractivity contribution in [1.29, 1.82) is 0 Å². The number of nitrogens with two attached hydrogens (primary N) is 1. The molecule has 0 aliphatic heterocycles. The summed E-state index contributed by atoms with van der Waals surface area (Å²) >= 11 is 0. The number of rotatable bonds is 5. The summed E-state index contributed by atoms with van der Waals surface area (Å²) in [4.78, 5) is 11.6. The van der Waals surface area contributed by atoms with Crippen LogP contribution in [0.4, 0.5) is 5.95 Å². The zero-order valence-electron chi connectivity index (χ0n) is 8.15. The van der Waals surface area contributed by atoms with Gasteiger partial charge in [-0.2, -0.15) is 9.97 Å². The SMILES string of the molecule is CCOc1nc(NN)nc(OCC)n1. The Morgan fingerprint density at radius 1 is 1.07 bits per heavy atom. The highest BCUT2D eigenvalue weighted by atomic mass is 16.5. The van der Waals surface area contributed by atoms with Crippen LogP contribution >= 0.6 is 0 Å². The van der Waals surface area contributed by atoms with E-state index in [4.69, 9.17) is 15.3 Å². The first-order valence-corrected chi connectivity index (χ1v) is 4.28. The van der Waals surface area contributed by atoms with E-state index in [1.54, 1.807) is 0 Å². The van der Waals surface area contributed by atoms with E-state index in [-0.39, 0.29) is 18.0 Å². The molecule has 0 aromatic carbocycles. The molecular formula is C7H13N5O2. The average Bonchev–Trinajstić information content (AvgIpc) is 2.18. The van der Waals surface area contributed by atoms with Gasteiger partial charge in [0.05, 0.1) is 13.2 Å². The lowest BCUT2D eigenvalue weighted by Crippen LogP contribution is -2.13. The number of ether oxygens (including phenoxy) is 2. The molecule has 0 aliphatic carbocycles. The maximum atomic E-state index is 5.17. The summed E-state index contributed by atoms with van der Waals surface area (Å²) in [5.74, 6) is 5.38. The molecular weight excluding hydrogens is 186 g/mol. The monoisotopic (exact) mass is 199 g/mol. The topological polar surface area (TPSA) is 95.2 Å². The predicted molar refractivity (Wildman–Crippen MR) is 50.0 cm³/mol. The number of hydrogen-bond donors (Lipinski definition) is 2. The van der Waals surface area contributed by atoms with Crippen molar-refractivity contribution >= 4 is 5.95 Å². The second kappa shape index (κ2) is 5.18. The van der Waals surface area contributed by atoms with Crippen LogP contribution < -0.4 is 20.7 Å². The van der Waals surface area contributed by atoms with E-state index >= 15 is 0 Å². The Kier molecular flexibility index (Phi) is 3.86. The number of hydrazine groups is 1. The highest BCUT2D eigenvalue weighted by Crippen LogP contribution is 2.11. The van der Waals surface area contributed by atoms with E-state index in [2.05, 4.69) is 20.4 Å². The van der Waals surface area contributed by atoms with Gasteiger partial charge in [0.15, 0.2) is 0 Å². The molecule has 1 rings (SSSR count). The Bertz CT molecular complexity index is 269. The Balaban J connectivity index is 2.88. The standard InChI is InChI=1S/C7H13N5O2/c1-3-13-6-9-5(12-8)10-7(11-6)14-4-2/h3-4,8H2,1-2H3,(H,9,10,11,12). The third-order valence-electron chi connectivity index (χ3n) is 1.27. The van der Waals surface area contributed by atoms with Crippen LogP contribution in [0.5, 0.6) is 12.0 Å². The maximum Gasteiger partial charge on any atom is 0.324 e. The summed E-state index contributed by atoms with van der Waals surface area (Å²) in [7, 11) is 0. The van der Waals surface area contributed by atoms with Crippen LogP contribution in [0, 0.1) is 0 Å². The fourth-order valence-electron chi connectivity index (χ4n) is 0.790. The van der Waals surface area contributed by atoms with Crippen molar-refractivity contribution in [2.45, 2.75) is 13.8 Å². The maximum absolute atomic E-state index is 5.17. The van der Waals surface area contributed by atoms with Gasteiger partial charge in [0.25, 0.3) is 0 Å². The van der Waals surface area contributed by atoms with E-state index in [0.29, 0.717) is 13.2 Å². The summed E-state index contributed by atoms with van der Waals surface area (Å²) < 4.78 is 10.2. The molecule has 1 heterocycles. The van der Waals surface area contributed by atoms with Gasteiger partial charge in [0, 0.05) is 0 Å². The molecule has 7 heteroatoms. The van der Waals surface area contributed by atoms with E-state index in [1.165, 1.54) is 0 Å². The van der Waals surface area contributed by atoms with Gasteiger partial charge >= 0.3 is 12.0 Å². The molecule has 0 amide bonds. The zero-order valence-corrected chi connectivity index (χ0v) is 8.15. The molecule has 7 nitrogen and oxygen atoms in total. The summed E-state index contributed by atoms with van der Waals surface area (Å²) in [6.07, 6.45) is 0. The van der Waals surface area contributed by atoms with Crippen molar-refractivity contribution < 1.29 is 9.47 Å². The van der Waals surface area contributed by atoms with Crippen LogP contribution in [0.1, 0.15) is 13.8 Å². The van der Waals surface area contributed by atoms with E-state index in [1.807, 2.05) is 13.8 Å². The summed E-state index contributed by atoms with van der Waals surface area (Å²) in [5.41, 5.74) is 2.30. The molecule has 0 atom stereocenters. The number of nitrogen functional groups attached to an aromatic ring is 1. The van der Waals surface area contributed by atoms with Gasteiger partial charge in [0.2, 0.25) is 5.95 Å².